The van der Waals surface area contributed by atoms with Gasteiger partial charge in [-0.25, -0.2) is 0 Å². The zero-order valence-electron chi connectivity index (χ0n) is 2.23. The van der Waals surface area contributed by atoms with Crippen molar-refractivity contribution in [3.05, 3.63) is 6.67 Å². The smallest absolute Gasteiger partial charge is 0.0811 e. The van der Waals surface area contributed by atoms with Gasteiger partial charge in [-0.05, 0) is 0 Å². The van der Waals surface area contributed by atoms with Gasteiger partial charge in [0, 0.05) is 21.7 Å². The van der Waals surface area contributed by atoms with Crippen molar-refractivity contribution < 1.29 is 21.7 Å². The van der Waals surface area contributed by atoms with Gasteiger partial charge in [0.25, 0.3) is 0 Å². The molecule has 3 heteroatoms. The van der Waals surface area contributed by atoms with Crippen molar-refractivity contribution >= 4 is 0 Å². The summed E-state index contributed by atoms with van der Waals surface area (Å²) in [6.45, 7) is 1.00. The fourth-order valence-electron chi connectivity index (χ4n) is 0. The number of hydrogen-bond acceptors (Lipinski definition) is 2. The van der Waals surface area contributed by atoms with E-state index in [2.05, 4.69) is 11.5 Å². The number of rotatable bonds is 0. The van der Waals surface area contributed by atoms with E-state index in [0.717, 1.165) is 6.67 Å². The molecule has 0 saturated carbocycles. The molecule has 4 heavy (non-hydrogen) atoms. The van der Waals surface area contributed by atoms with Gasteiger partial charge in [-0.3, -0.25) is 0 Å². The standard InChI is InChI=1S/CH5N2.Ti/c2-1-3;/h1H,2-3H2;. The van der Waals surface area contributed by atoms with Gasteiger partial charge >= 0.3 is 0 Å². The van der Waals surface area contributed by atoms with Crippen molar-refractivity contribution in [3.63, 3.8) is 0 Å². The number of hydrogen-bond donors (Lipinski definition) is 2. The van der Waals surface area contributed by atoms with Crippen molar-refractivity contribution in [3.8, 4) is 0 Å². The molecule has 0 aromatic carbocycles. The van der Waals surface area contributed by atoms with Crippen LogP contribution in [0.2, 0.25) is 0 Å². The Morgan fingerprint density at radius 1 is 1.25 bits per heavy atom. The molecule has 0 atom stereocenters. The molecule has 2 nitrogen and oxygen atoms in total. The monoisotopic (exact) mass is 93.0 g/mol. The maximum atomic E-state index is 4.50. The van der Waals surface area contributed by atoms with Crippen LogP contribution in [0.1, 0.15) is 0 Å². The van der Waals surface area contributed by atoms with Crippen molar-refractivity contribution in [1.29, 1.82) is 0 Å². The van der Waals surface area contributed by atoms with Gasteiger partial charge in [0.05, 0.1) is 6.67 Å². The first-order chi connectivity index (χ1) is 1.41. The Kier molecular flexibility index (Phi) is 20.8. The minimum absolute atomic E-state index is 0. The first-order valence-corrected chi connectivity index (χ1v) is 0.667. The molecule has 0 aliphatic heterocycles. The molecular formula is CH5N2Ti. The molecule has 0 fully saturated rings. The third-order valence-corrected chi connectivity index (χ3v) is 0. The van der Waals surface area contributed by atoms with E-state index in [0.29, 0.717) is 0 Å². The Hall–Kier alpha value is 0.634. The third kappa shape index (κ3) is 17.5. The van der Waals surface area contributed by atoms with Crippen molar-refractivity contribution in [2.24, 2.45) is 11.5 Å². The van der Waals surface area contributed by atoms with E-state index >= 15 is 0 Å². The summed E-state index contributed by atoms with van der Waals surface area (Å²) >= 11 is 0. The summed E-state index contributed by atoms with van der Waals surface area (Å²) in [5, 5.41) is 0. The van der Waals surface area contributed by atoms with E-state index in [1.54, 1.807) is 0 Å². The van der Waals surface area contributed by atoms with E-state index in [-0.39, 0.29) is 21.7 Å². The van der Waals surface area contributed by atoms with Gasteiger partial charge < -0.3 is 11.5 Å². The van der Waals surface area contributed by atoms with Crippen LogP contribution in [0.15, 0.2) is 0 Å². The SMILES string of the molecule is N[CH]N.[Ti]. The van der Waals surface area contributed by atoms with Gasteiger partial charge in [-0.2, -0.15) is 0 Å². The summed E-state index contributed by atoms with van der Waals surface area (Å²) in [6.07, 6.45) is 0. The minimum Gasteiger partial charge on any atom is -0.314 e. The molecule has 0 aromatic heterocycles. The predicted molar refractivity (Wildman–Crippen MR) is 12.7 cm³/mol. The summed E-state index contributed by atoms with van der Waals surface area (Å²) in [6, 6.07) is 0. The Balaban J connectivity index is 0. The van der Waals surface area contributed by atoms with Crippen LogP contribution in [-0.4, -0.2) is 0 Å². The molecule has 0 unspecified atom stereocenters. The zero-order chi connectivity index (χ0) is 2.71. The normalized spacial score (nSPS) is 4.50. The predicted octanol–water partition coefficient (Wildman–Crippen LogP) is -0.979. The average molecular weight is 92.9 g/mol. The van der Waals surface area contributed by atoms with Crippen LogP contribution < -0.4 is 11.5 Å². The largest absolute Gasteiger partial charge is 0.314 e. The number of nitrogens with two attached hydrogens (primary N) is 2. The first kappa shape index (κ1) is 8.82. The van der Waals surface area contributed by atoms with Crippen LogP contribution in [-0.2, 0) is 21.7 Å². The van der Waals surface area contributed by atoms with Crippen molar-refractivity contribution in [2.75, 3.05) is 0 Å². The van der Waals surface area contributed by atoms with Gasteiger partial charge in [0.15, 0.2) is 0 Å². The molecule has 23 valence electrons. The molecule has 0 aromatic rings. The van der Waals surface area contributed by atoms with E-state index in [9.17, 15) is 0 Å². The van der Waals surface area contributed by atoms with Crippen molar-refractivity contribution in [2.45, 2.75) is 0 Å². The summed E-state index contributed by atoms with van der Waals surface area (Å²) in [5.41, 5.74) is 9.00. The van der Waals surface area contributed by atoms with E-state index < -0.39 is 0 Å². The molecule has 0 saturated heterocycles. The summed E-state index contributed by atoms with van der Waals surface area (Å²) in [7, 11) is 0. The molecule has 0 heterocycles. The second kappa shape index (κ2) is 9.44. The Bertz CT molecular complexity index is 6.00. The molecule has 0 amide bonds. The average Bonchev–Trinajstić information content (AvgIpc) is 0.918. The van der Waals surface area contributed by atoms with E-state index in [4.69, 9.17) is 0 Å². The summed E-state index contributed by atoms with van der Waals surface area (Å²) < 4.78 is 0. The van der Waals surface area contributed by atoms with E-state index in [1.807, 2.05) is 0 Å². The molecule has 0 bridgehead atoms. The third-order valence-electron chi connectivity index (χ3n) is 0. The summed E-state index contributed by atoms with van der Waals surface area (Å²) in [5.74, 6) is 0. The van der Waals surface area contributed by atoms with Crippen LogP contribution in [0.5, 0.6) is 0 Å². The van der Waals surface area contributed by atoms with Crippen LogP contribution >= 0.6 is 0 Å². The first-order valence-electron chi connectivity index (χ1n) is 0.667. The molecule has 0 aliphatic rings. The minimum atomic E-state index is 0. The molecule has 0 spiro atoms. The second-order valence-electron chi connectivity index (χ2n) is 0.192. The van der Waals surface area contributed by atoms with Gasteiger partial charge in [-0.15, -0.1) is 0 Å². The van der Waals surface area contributed by atoms with Crippen LogP contribution in [0.3, 0.4) is 0 Å². The van der Waals surface area contributed by atoms with Gasteiger partial charge in [0.1, 0.15) is 0 Å². The van der Waals surface area contributed by atoms with Crippen LogP contribution in [0.4, 0.5) is 0 Å². The maximum Gasteiger partial charge on any atom is 0.0811 e. The maximum absolute atomic E-state index is 4.50. The zero-order valence-corrected chi connectivity index (χ0v) is 3.79. The molecule has 4 N–H and O–H groups in total. The van der Waals surface area contributed by atoms with Gasteiger partial charge in [0.2, 0.25) is 0 Å². The molecule has 0 rings (SSSR count). The quantitative estimate of drug-likeness (QED) is 0.378. The second-order valence-corrected chi connectivity index (χ2v) is 0.192. The van der Waals surface area contributed by atoms with Crippen LogP contribution in [0.25, 0.3) is 0 Å². The van der Waals surface area contributed by atoms with Crippen molar-refractivity contribution in [1.82, 2.24) is 0 Å². The fourth-order valence-corrected chi connectivity index (χ4v) is 0. The Morgan fingerprint density at radius 2 is 1.25 bits per heavy atom. The molecule has 1 radical (unpaired) electrons. The molecular weight excluding hydrogens is 87.9 g/mol. The van der Waals surface area contributed by atoms with Crippen LogP contribution in [0, 0.1) is 6.67 Å². The Morgan fingerprint density at radius 3 is 1.25 bits per heavy atom. The Labute approximate surface area is 40.4 Å². The van der Waals surface area contributed by atoms with E-state index in [1.165, 1.54) is 0 Å². The topological polar surface area (TPSA) is 52.0 Å². The molecule has 0 aliphatic carbocycles. The summed E-state index contributed by atoms with van der Waals surface area (Å²) in [4.78, 5) is 0. The fraction of sp³-hybridized carbons (Fsp3) is 0. The van der Waals surface area contributed by atoms with Gasteiger partial charge in [-0.1, -0.05) is 0 Å².